The molecule has 0 unspecified atom stereocenters. The maximum absolute atomic E-state index is 13.1. The van der Waals surface area contributed by atoms with Gasteiger partial charge in [-0.15, -0.1) is 0 Å². The lowest BCUT2D eigenvalue weighted by molar-refractivity contribution is 0.0989. The van der Waals surface area contributed by atoms with E-state index in [0.717, 1.165) is 25.2 Å². The second-order valence-corrected chi connectivity index (χ2v) is 6.78. The Morgan fingerprint density at radius 2 is 1.69 bits per heavy atom. The van der Waals surface area contributed by atoms with Crippen molar-refractivity contribution in [2.75, 3.05) is 43.7 Å². The summed E-state index contributed by atoms with van der Waals surface area (Å²) in [6.45, 7) is 2.91. The zero-order valence-corrected chi connectivity index (χ0v) is 15.3. The van der Waals surface area contributed by atoms with E-state index in [-0.39, 0.29) is 5.91 Å². The van der Waals surface area contributed by atoms with Crippen LogP contribution in [0.3, 0.4) is 0 Å². The molecular weight excluding hydrogens is 328 g/mol. The summed E-state index contributed by atoms with van der Waals surface area (Å²) in [7, 11) is 3.18. The molecule has 2 aromatic carbocycles. The van der Waals surface area contributed by atoms with Gasteiger partial charge < -0.3 is 19.3 Å². The molecule has 0 aliphatic carbocycles. The Morgan fingerprint density at radius 3 is 2.42 bits per heavy atom. The van der Waals surface area contributed by atoms with Crippen molar-refractivity contribution < 1.29 is 14.3 Å². The zero-order chi connectivity index (χ0) is 18.1. The van der Waals surface area contributed by atoms with Gasteiger partial charge in [-0.1, -0.05) is 6.07 Å². The van der Waals surface area contributed by atoms with Gasteiger partial charge >= 0.3 is 0 Å². The smallest absolute Gasteiger partial charge is 0.258 e. The Bertz CT molecular complexity index is 828. The van der Waals surface area contributed by atoms with Gasteiger partial charge in [0.1, 0.15) is 0 Å². The second-order valence-electron chi connectivity index (χ2n) is 6.78. The summed E-state index contributed by atoms with van der Waals surface area (Å²) in [5.41, 5.74) is 4.10. The number of benzene rings is 2. The van der Waals surface area contributed by atoms with Gasteiger partial charge in [0, 0.05) is 36.6 Å². The summed E-state index contributed by atoms with van der Waals surface area (Å²) < 4.78 is 10.6. The molecule has 0 bridgehead atoms. The average Bonchev–Trinajstić information content (AvgIpc) is 3.36. The van der Waals surface area contributed by atoms with Crippen LogP contribution in [0.4, 0.5) is 11.4 Å². The number of rotatable bonds is 4. The minimum Gasteiger partial charge on any atom is -0.493 e. The summed E-state index contributed by atoms with van der Waals surface area (Å²) in [6, 6.07) is 11.9. The molecular formula is C21H24N2O3. The van der Waals surface area contributed by atoms with Crippen molar-refractivity contribution in [3.05, 3.63) is 47.5 Å². The first-order chi connectivity index (χ1) is 12.7. The van der Waals surface area contributed by atoms with E-state index in [1.54, 1.807) is 32.4 Å². The van der Waals surface area contributed by atoms with Crippen LogP contribution in [0.25, 0.3) is 0 Å². The molecule has 2 aliphatic rings. The Morgan fingerprint density at radius 1 is 0.923 bits per heavy atom. The molecule has 2 heterocycles. The normalized spacial score (nSPS) is 15.9. The predicted octanol–water partition coefficient (Wildman–Crippen LogP) is 3.51. The molecule has 0 saturated carbocycles. The molecule has 136 valence electrons. The van der Waals surface area contributed by atoms with Crippen LogP contribution in [-0.2, 0) is 6.42 Å². The van der Waals surface area contributed by atoms with Crippen molar-refractivity contribution in [3.8, 4) is 11.5 Å². The molecule has 0 radical (unpaired) electrons. The number of hydrogen-bond acceptors (Lipinski definition) is 4. The zero-order valence-electron chi connectivity index (χ0n) is 15.3. The number of fused-ring (bicyclic) bond motifs is 1. The predicted molar refractivity (Wildman–Crippen MR) is 103 cm³/mol. The Labute approximate surface area is 154 Å². The third-order valence-corrected chi connectivity index (χ3v) is 5.31. The molecule has 0 N–H and O–H groups in total. The maximum Gasteiger partial charge on any atom is 0.258 e. The molecule has 0 aromatic heterocycles. The molecule has 5 nitrogen and oxygen atoms in total. The van der Waals surface area contributed by atoms with Gasteiger partial charge in [-0.3, -0.25) is 4.79 Å². The van der Waals surface area contributed by atoms with E-state index >= 15 is 0 Å². The van der Waals surface area contributed by atoms with Gasteiger partial charge in [0.05, 0.1) is 14.2 Å². The lowest BCUT2D eigenvalue weighted by atomic mass is 10.1. The number of anilines is 2. The van der Waals surface area contributed by atoms with E-state index in [4.69, 9.17) is 9.47 Å². The summed E-state index contributed by atoms with van der Waals surface area (Å²) >= 11 is 0. The summed E-state index contributed by atoms with van der Waals surface area (Å²) in [5.74, 6) is 1.20. The second kappa shape index (κ2) is 6.90. The first kappa shape index (κ1) is 16.8. The van der Waals surface area contributed by atoms with Crippen molar-refractivity contribution in [2.45, 2.75) is 19.3 Å². The third kappa shape index (κ3) is 2.87. The summed E-state index contributed by atoms with van der Waals surface area (Å²) in [5, 5.41) is 0. The van der Waals surface area contributed by atoms with Crippen molar-refractivity contribution in [1.29, 1.82) is 0 Å². The van der Waals surface area contributed by atoms with Crippen LogP contribution < -0.4 is 19.3 Å². The molecule has 4 rings (SSSR count). The van der Waals surface area contributed by atoms with E-state index in [1.165, 1.54) is 24.1 Å². The Kier molecular flexibility index (Phi) is 4.45. The standard InChI is InChI=1S/C21H24N2O3/c1-25-19-8-6-16(13-20(19)26-2)21(24)23-12-9-15-5-7-17(14-18(15)23)22-10-3-4-11-22/h5-8,13-14H,3-4,9-12H2,1-2H3. The largest absolute Gasteiger partial charge is 0.493 e. The number of hydrogen-bond donors (Lipinski definition) is 0. The van der Waals surface area contributed by atoms with Crippen molar-refractivity contribution >= 4 is 17.3 Å². The number of nitrogens with zero attached hydrogens (tertiary/aromatic N) is 2. The number of carbonyl (C=O) groups is 1. The van der Waals surface area contributed by atoms with E-state index in [2.05, 4.69) is 23.1 Å². The fraction of sp³-hybridized carbons (Fsp3) is 0.381. The first-order valence-corrected chi connectivity index (χ1v) is 9.13. The van der Waals surface area contributed by atoms with E-state index in [1.807, 2.05) is 4.90 Å². The topological polar surface area (TPSA) is 42.0 Å². The Balaban J connectivity index is 1.64. The SMILES string of the molecule is COc1ccc(C(=O)N2CCc3ccc(N4CCCC4)cc32)cc1OC. The van der Waals surface area contributed by atoms with E-state index in [0.29, 0.717) is 23.6 Å². The number of ether oxygens (including phenoxy) is 2. The van der Waals surface area contributed by atoms with Gasteiger partial charge in [0.2, 0.25) is 0 Å². The van der Waals surface area contributed by atoms with Gasteiger partial charge in [-0.2, -0.15) is 0 Å². The van der Waals surface area contributed by atoms with Crippen LogP contribution in [-0.4, -0.2) is 39.8 Å². The lowest BCUT2D eigenvalue weighted by Crippen LogP contribution is -2.29. The minimum atomic E-state index is 0.00303. The van der Waals surface area contributed by atoms with Crippen LogP contribution in [0.2, 0.25) is 0 Å². The van der Waals surface area contributed by atoms with Gasteiger partial charge in [-0.25, -0.2) is 0 Å². The average molecular weight is 352 g/mol. The number of methoxy groups -OCH3 is 2. The summed E-state index contributed by atoms with van der Waals surface area (Å²) in [4.78, 5) is 17.4. The molecule has 5 heteroatoms. The first-order valence-electron chi connectivity index (χ1n) is 9.13. The highest BCUT2D eigenvalue weighted by Crippen LogP contribution is 2.35. The van der Waals surface area contributed by atoms with Crippen LogP contribution in [0, 0.1) is 0 Å². The van der Waals surface area contributed by atoms with Gasteiger partial charge in [0.15, 0.2) is 11.5 Å². The summed E-state index contributed by atoms with van der Waals surface area (Å²) in [6.07, 6.45) is 3.38. The molecule has 1 saturated heterocycles. The van der Waals surface area contributed by atoms with Crippen LogP contribution in [0.5, 0.6) is 11.5 Å². The van der Waals surface area contributed by atoms with Crippen molar-refractivity contribution in [2.24, 2.45) is 0 Å². The molecule has 2 aliphatic heterocycles. The molecule has 0 atom stereocenters. The monoisotopic (exact) mass is 352 g/mol. The molecule has 26 heavy (non-hydrogen) atoms. The van der Waals surface area contributed by atoms with Crippen LogP contribution >= 0.6 is 0 Å². The minimum absolute atomic E-state index is 0.00303. The number of carbonyl (C=O) groups excluding carboxylic acids is 1. The van der Waals surface area contributed by atoms with Gasteiger partial charge in [0.25, 0.3) is 5.91 Å². The fourth-order valence-electron chi connectivity index (χ4n) is 3.88. The van der Waals surface area contributed by atoms with E-state index in [9.17, 15) is 4.79 Å². The number of amides is 1. The molecule has 1 amide bonds. The van der Waals surface area contributed by atoms with Gasteiger partial charge in [-0.05, 0) is 55.2 Å². The lowest BCUT2D eigenvalue weighted by Gasteiger charge is -2.22. The van der Waals surface area contributed by atoms with Crippen LogP contribution in [0.1, 0.15) is 28.8 Å². The molecule has 1 fully saturated rings. The molecule has 2 aromatic rings. The Hall–Kier alpha value is -2.69. The third-order valence-electron chi connectivity index (χ3n) is 5.31. The maximum atomic E-state index is 13.1. The highest BCUT2D eigenvalue weighted by molar-refractivity contribution is 6.08. The quantitative estimate of drug-likeness (QED) is 0.844. The molecule has 0 spiro atoms. The highest BCUT2D eigenvalue weighted by atomic mass is 16.5. The van der Waals surface area contributed by atoms with Crippen molar-refractivity contribution in [1.82, 2.24) is 0 Å². The van der Waals surface area contributed by atoms with Crippen LogP contribution in [0.15, 0.2) is 36.4 Å². The van der Waals surface area contributed by atoms with E-state index < -0.39 is 0 Å². The highest BCUT2D eigenvalue weighted by Gasteiger charge is 2.27. The fourth-order valence-corrected chi connectivity index (χ4v) is 3.88. The van der Waals surface area contributed by atoms with Crippen molar-refractivity contribution in [3.63, 3.8) is 0 Å².